The molecule has 6 aromatic rings. The van der Waals surface area contributed by atoms with Crippen molar-refractivity contribution in [1.82, 2.24) is 20.9 Å². The monoisotopic (exact) mass is 1020 g/mol. The summed E-state index contributed by atoms with van der Waals surface area (Å²) in [7, 11) is 0. The highest BCUT2D eigenvalue weighted by Gasteiger charge is 2.37. The van der Waals surface area contributed by atoms with Crippen LogP contribution in [0, 0.1) is 0 Å². The average molecular weight is 1030 g/mol. The van der Waals surface area contributed by atoms with Crippen LogP contribution in [0.4, 0.5) is 9.59 Å². The van der Waals surface area contributed by atoms with Crippen LogP contribution in [0.3, 0.4) is 0 Å². The Morgan fingerprint density at radius 3 is 1.46 bits per heavy atom. The summed E-state index contributed by atoms with van der Waals surface area (Å²) in [6, 6.07) is 39.9. The average Bonchev–Trinajstić information content (AvgIpc) is 3.84. The van der Waals surface area contributed by atoms with E-state index in [1.165, 1.54) is 4.90 Å². The van der Waals surface area contributed by atoms with Gasteiger partial charge in [-0.2, -0.15) is 0 Å². The van der Waals surface area contributed by atoms with Gasteiger partial charge in [0.15, 0.2) is 0 Å². The predicted molar refractivity (Wildman–Crippen MR) is 274 cm³/mol. The number of nitrogens with one attached hydrogen (secondary N) is 3. The third-order valence-corrected chi connectivity index (χ3v) is 13.5. The molecule has 0 saturated carbocycles. The number of carboxylic acid groups (broad SMARTS) is 1. The van der Waals surface area contributed by atoms with Crippen LogP contribution in [0.15, 0.2) is 133 Å². The molecule has 2 aliphatic rings. The summed E-state index contributed by atoms with van der Waals surface area (Å²) in [4.78, 5) is 52.1. The lowest BCUT2D eigenvalue weighted by atomic mass is 9.95. The van der Waals surface area contributed by atoms with Crippen LogP contribution in [0.2, 0.25) is 20.1 Å². The first-order valence-corrected chi connectivity index (χ1v) is 24.0. The lowest BCUT2D eigenvalue weighted by molar-refractivity contribution is -0.130. The Balaban J connectivity index is 0.000000208. The van der Waals surface area contributed by atoms with E-state index in [9.17, 15) is 29.4 Å². The molecular weight excluding hydrogens is 974 g/mol. The molecule has 70 heavy (non-hydrogen) atoms. The molecule has 0 spiro atoms. The molecular formula is C54H52Cl4N4O8. The number of ether oxygens (including phenoxy) is 2. The van der Waals surface area contributed by atoms with E-state index in [2.05, 4.69) is 16.0 Å². The smallest absolute Gasteiger partial charge is 0.408 e. The molecule has 364 valence electrons. The summed E-state index contributed by atoms with van der Waals surface area (Å²) in [5.74, 6) is -1.29. The maximum Gasteiger partial charge on any atom is 0.408 e. The summed E-state index contributed by atoms with van der Waals surface area (Å²) in [6.07, 6.45) is -1.96. The highest BCUT2D eigenvalue weighted by Crippen LogP contribution is 2.46. The minimum absolute atomic E-state index is 0.0843. The molecule has 5 N–H and O–H groups in total. The van der Waals surface area contributed by atoms with Crippen molar-refractivity contribution in [2.75, 3.05) is 26.4 Å². The van der Waals surface area contributed by atoms with Gasteiger partial charge in [0.05, 0.1) is 38.9 Å². The van der Waals surface area contributed by atoms with Gasteiger partial charge in [-0.3, -0.25) is 14.5 Å². The van der Waals surface area contributed by atoms with E-state index in [-0.39, 0.29) is 44.7 Å². The Bertz CT molecular complexity index is 2780. The van der Waals surface area contributed by atoms with Crippen LogP contribution in [-0.4, -0.2) is 83.2 Å². The molecule has 16 heteroatoms. The number of benzene rings is 6. The van der Waals surface area contributed by atoms with Crippen molar-refractivity contribution in [2.24, 2.45) is 0 Å². The van der Waals surface area contributed by atoms with Crippen LogP contribution in [0.1, 0.15) is 66.0 Å². The number of fused-ring (bicyclic) bond motifs is 6. The second-order valence-electron chi connectivity index (χ2n) is 17.7. The van der Waals surface area contributed by atoms with Crippen molar-refractivity contribution in [2.45, 2.75) is 63.4 Å². The maximum atomic E-state index is 13.4. The third kappa shape index (κ3) is 12.6. The highest BCUT2D eigenvalue weighted by molar-refractivity contribution is 6.42. The second-order valence-corrected chi connectivity index (χ2v) is 19.4. The summed E-state index contributed by atoms with van der Waals surface area (Å²) in [5, 5.41) is 29.4. The van der Waals surface area contributed by atoms with Gasteiger partial charge in [-0.1, -0.05) is 156 Å². The molecule has 0 radical (unpaired) electrons. The zero-order valence-electron chi connectivity index (χ0n) is 38.6. The first kappa shape index (κ1) is 51.7. The molecule has 6 aromatic carbocycles. The molecule has 0 saturated heterocycles. The fourth-order valence-electron chi connectivity index (χ4n) is 8.52. The minimum Gasteiger partial charge on any atom is -0.465 e. The molecule has 0 aliphatic heterocycles. The van der Waals surface area contributed by atoms with E-state index in [1.54, 1.807) is 36.4 Å². The molecule has 8 rings (SSSR count). The Labute approximate surface area is 426 Å². The fourth-order valence-corrected chi connectivity index (χ4v) is 9.16. The Morgan fingerprint density at radius 1 is 0.614 bits per heavy atom. The molecule has 4 amide bonds. The topological polar surface area (TPSA) is 167 Å². The van der Waals surface area contributed by atoms with E-state index in [4.69, 9.17) is 55.9 Å². The Hall–Kier alpha value is -6.12. The molecule has 0 unspecified atom stereocenters. The summed E-state index contributed by atoms with van der Waals surface area (Å²) < 4.78 is 11.4. The number of rotatable bonds is 15. The van der Waals surface area contributed by atoms with Crippen molar-refractivity contribution in [1.29, 1.82) is 0 Å². The van der Waals surface area contributed by atoms with Crippen LogP contribution in [0.25, 0.3) is 22.3 Å². The number of aliphatic hydroxyl groups is 1. The molecule has 2 aliphatic carbocycles. The number of halogens is 4. The van der Waals surface area contributed by atoms with Crippen LogP contribution in [0.5, 0.6) is 0 Å². The number of alkyl carbamates (subject to hydrolysis) is 1. The van der Waals surface area contributed by atoms with Gasteiger partial charge in [-0.05, 0) is 101 Å². The van der Waals surface area contributed by atoms with Gasteiger partial charge in [-0.25, -0.2) is 9.59 Å². The van der Waals surface area contributed by atoms with Crippen LogP contribution in [-0.2, 0) is 32.2 Å². The second kappa shape index (κ2) is 23.2. The third-order valence-electron chi connectivity index (χ3n) is 12.0. The zero-order valence-corrected chi connectivity index (χ0v) is 41.6. The first-order valence-electron chi connectivity index (χ1n) is 22.5. The zero-order chi connectivity index (χ0) is 50.1. The van der Waals surface area contributed by atoms with Crippen LogP contribution >= 0.6 is 46.4 Å². The molecule has 0 fully saturated rings. The van der Waals surface area contributed by atoms with Gasteiger partial charge in [0.2, 0.25) is 11.8 Å². The van der Waals surface area contributed by atoms with Gasteiger partial charge < -0.3 is 35.6 Å². The quantitative estimate of drug-likeness (QED) is 0.0678. The van der Waals surface area contributed by atoms with Crippen molar-refractivity contribution in [3.05, 3.63) is 187 Å². The van der Waals surface area contributed by atoms with Crippen LogP contribution < -0.4 is 16.0 Å². The number of carbonyl (C=O) groups excluding carboxylic acids is 3. The largest absolute Gasteiger partial charge is 0.465 e. The normalized spacial score (nSPS) is 13.3. The number of carbonyl (C=O) groups is 4. The van der Waals surface area contributed by atoms with Gasteiger partial charge in [-0.15, -0.1) is 0 Å². The summed E-state index contributed by atoms with van der Waals surface area (Å²) in [6.45, 7) is 5.51. The minimum atomic E-state index is -1.19. The van der Waals surface area contributed by atoms with E-state index in [0.29, 0.717) is 20.1 Å². The van der Waals surface area contributed by atoms with E-state index >= 15 is 0 Å². The molecule has 0 bridgehead atoms. The van der Waals surface area contributed by atoms with E-state index < -0.39 is 48.3 Å². The fraction of sp³-hybridized carbons (Fsp3) is 0.259. The van der Waals surface area contributed by atoms with Gasteiger partial charge in [0.25, 0.3) is 0 Å². The predicted octanol–water partition coefficient (Wildman–Crippen LogP) is 11.1. The number of hydrogen-bond acceptors (Lipinski definition) is 7. The van der Waals surface area contributed by atoms with Crippen molar-refractivity contribution in [3.8, 4) is 22.3 Å². The lowest BCUT2D eigenvalue weighted by Gasteiger charge is -2.33. The molecule has 0 aromatic heterocycles. The van der Waals surface area contributed by atoms with Crippen molar-refractivity contribution < 1.29 is 38.9 Å². The van der Waals surface area contributed by atoms with E-state index in [1.807, 2.05) is 118 Å². The van der Waals surface area contributed by atoms with Gasteiger partial charge >= 0.3 is 12.2 Å². The summed E-state index contributed by atoms with van der Waals surface area (Å²) >= 11 is 24.0. The van der Waals surface area contributed by atoms with Crippen molar-refractivity contribution in [3.63, 3.8) is 0 Å². The molecule has 0 heterocycles. The standard InChI is InChI=1S/C29H30Cl2N2O4.C25H22Cl2N2O4/c1-29(2,3)37-17-26(27(34)32-15-18-12-13-24(30)25(31)14-18)33(28(35)36)16-23-21-10-6-4-8-19(21)20-9-5-7-11-22(20)23;26-21-10-9-15(11-22(21)27)12-28-24(31)23(13-30)29-25(32)33-14-20-18-7-3-1-5-16(18)17-6-2-4-8-19(17)20/h4-14,23,26H,15-17H2,1-3H3,(H,32,34)(H,35,36);1-11,20,23,30H,12-14H2,(H,28,31)(H,29,32)/t26-;23-/m11/s1. The van der Waals surface area contributed by atoms with Gasteiger partial charge in [0.1, 0.15) is 18.7 Å². The lowest BCUT2D eigenvalue weighted by Crippen LogP contribution is -2.53. The molecule has 12 nitrogen and oxygen atoms in total. The number of amides is 4. The highest BCUT2D eigenvalue weighted by atomic mass is 35.5. The summed E-state index contributed by atoms with van der Waals surface area (Å²) in [5.41, 5.74) is 9.60. The Kier molecular flexibility index (Phi) is 17.1. The maximum absolute atomic E-state index is 13.4. The Morgan fingerprint density at radius 2 is 1.04 bits per heavy atom. The first-order chi connectivity index (χ1) is 33.5. The SMILES string of the molecule is CC(C)(C)OC[C@H](C(=O)NCc1ccc(Cl)c(Cl)c1)N(CC1c2ccccc2-c2ccccc21)C(=O)O.O=C(N[C@H](CO)C(=O)NCc1ccc(Cl)c(Cl)c1)OCC1c2ccccc2-c2ccccc21. The number of hydrogen-bond donors (Lipinski definition) is 5. The molecule has 2 atom stereocenters. The van der Waals surface area contributed by atoms with E-state index in [0.717, 1.165) is 55.6 Å². The van der Waals surface area contributed by atoms with Crippen molar-refractivity contribution >= 4 is 70.4 Å². The van der Waals surface area contributed by atoms with Gasteiger partial charge in [0, 0.05) is 31.5 Å². The number of aliphatic hydroxyl groups excluding tert-OH is 1. The number of nitrogens with zero attached hydrogens (tertiary/aromatic N) is 1.